The van der Waals surface area contributed by atoms with Crippen molar-refractivity contribution >= 4 is 11.8 Å². The molecule has 2 nitrogen and oxygen atoms in total. The Morgan fingerprint density at radius 2 is 2.57 bits per heavy atom. The normalized spacial score (nSPS) is 9.14. The lowest BCUT2D eigenvalue weighted by Gasteiger charge is -1.71. The summed E-state index contributed by atoms with van der Waals surface area (Å²) in [4.78, 5) is 0. The first-order valence-corrected chi connectivity index (χ1v) is 2.69. The van der Waals surface area contributed by atoms with Crippen LogP contribution in [0.5, 0.6) is 0 Å². The molecule has 0 aliphatic carbocycles. The number of nitrogens with zero attached hydrogens (tertiary/aromatic N) is 1. The van der Waals surface area contributed by atoms with Crippen LogP contribution in [-0.4, -0.2) is 6.54 Å². The number of hydrogen-bond donors (Lipinski definition) is 1. The maximum Gasteiger partial charge on any atom is 0.137 e. The predicted octanol–water partition coefficient (Wildman–Crippen LogP) is 0.673. The first-order valence-electron chi connectivity index (χ1n) is 1.81. The monoisotopic (exact) mass is 114 g/mol. The van der Waals surface area contributed by atoms with Gasteiger partial charge in [-0.15, -0.1) is 0 Å². The number of rotatable bonds is 2. The van der Waals surface area contributed by atoms with Gasteiger partial charge in [0.2, 0.25) is 0 Å². The highest BCUT2D eigenvalue weighted by Crippen LogP contribution is 1.94. The summed E-state index contributed by atoms with van der Waals surface area (Å²) in [6.45, 7) is 0.509. The molecule has 0 aromatic carbocycles. The van der Waals surface area contributed by atoms with Crippen LogP contribution >= 0.6 is 11.8 Å². The summed E-state index contributed by atoms with van der Waals surface area (Å²) in [5, 5.41) is 11.5. The Bertz CT molecular complexity index is 92.4. The van der Waals surface area contributed by atoms with Crippen LogP contribution < -0.4 is 5.73 Å². The van der Waals surface area contributed by atoms with Crippen molar-refractivity contribution in [1.82, 2.24) is 0 Å². The minimum absolute atomic E-state index is 0.509. The highest BCUT2D eigenvalue weighted by molar-refractivity contribution is 8.06. The average molecular weight is 114 g/mol. The van der Waals surface area contributed by atoms with Gasteiger partial charge < -0.3 is 5.73 Å². The van der Waals surface area contributed by atoms with Gasteiger partial charge in [-0.2, -0.15) is 5.26 Å². The fourth-order valence-electron chi connectivity index (χ4n) is 0.134. The molecule has 0 heterocycles. The first-order chi connectivity index (χ1) is 3.41. The fourth-order valence-corrected chi connectivity index (χ4v) is 0.402. The van der Waals surface area contributed by atoms with E-state index in [1.807, 2.05) is 5.40 Å². The Hall–Kier alpha value is -0.460. The molecule has 38 valence electrons. The van der Waals surface area contributed by atoms with Crippen LogP contribution in [0.15, 0.2) is 11.5 Å². The number of thiocyanates is 1. The molecule has 0 aromatic rings. The molecular weight excluding hydrogens is 108 g/mol. The lowest BCUT2D eigenvalue weighted by molar-refractivity contribution is 1.26. The largest absolute Gasteiger partial charge is 0.327 e. The van der Waals surface area contributed by atoms with Crippen LogP contribution in [0.1, 0.15) is 0 Å². The standard InChI is InChI=1S/C4H6N2S/c5-2-1-3-7-4-6/h1,3H,2,5H2. The van der Waals surface area contributed by atoms with E-state index in [1.54, 1.807) is 11.5 Å². The average Bonchev–Trinajstić information content (AvgIpc) is 1.69. The second kappa shape index (κ2) is 5.54. The van der Waals surface area contributed by atoms with Gasteiger partial charge in [-0.25, -0.2) is 0 Å². The third-order valence-corrected chi connectivity index (χ3v) is 0.787. The van der Waals surface area contributed by atoms with Crippen molar-refractivity contribution in [3.05, 3.63) is 11.5 Å². The Labute approximate surface area is 47.0 Å². The van der Waals surface area contributed by atoms with Gasteiger partial charge in [0.25, 0.3) is 0 Å². The molecule has 0 rings (SSSR count). The van der Waals surface area contributed by atoms with E-state index in [4.69, 9.17) is 11.0 Å². The molecular formula is C4H6N2S. The maximum absolute atomic E-state index is 7.91. The summed E-state index contributed by atoms with van der Waals surface area (Å²) in [6, 6.07) is 0. The molecule has 0 amide bonds. The molecule has 0 atom stereocenters. The Morgan fingerprint density at radius 1 is 1.86 bits per heavy atom. The van der Waals surface area contributed by atoms with E-state index in [1.165, 1.54) is 0 Å². The van der Waals surface area contributed by atoms with E-state index in [2.05, 4.69) is 0 Å². The minimum Gasteiger partial charge on any atom is -0.327 e. The molecule has 0 fully saturated rings. The molecule has 0 bridgehead atoms. The van der Waals surface area contributed by atoms with Crippen molar-refractivity contribution in [1.29, 1.82) is 5.26 Å². The highest BCUT2D eigenvalue weighted by Gasteiger charge is 1.66. The second-order valence-corrected chi connectivity index (χ2v) is 1.51. The van der Waals surface area contributed by atoms with Gasteiger partial charge in [0.1, 0.15) is 5.40 Å². The molecule has 0 aliphatic rings. The molecule has 0 saturated heterocycles. The van der Waals surface area contributed by atoms with Gasteiger partial charge >= 0.3 is 0 Å². The van der Waals surface area contributed by atoms with Gasteiger partial charge in [0, 0.05) is 6.54 Å². The predicted molar refractivity (Wildman–Crippen MR) is 31.4 cm³/mol. The van der Waals surface area contributed by atoms with Crippen molar-refractivity contribution in [2.45, 2.75) is 0 Å². The van der Waals surface area contributed by atoms with E-state index >= 15 is 0 Å². The van der Waals surface area contributed by atoms with Crippen molar-refractivity contribution in [3.8, 4) is 5.40 Å². The zero-order chi connectivity index (χ0) is 5.54. The molecule has 0 unspecified atom stereocenters. The lowest BCUT2D eigenvalue weighted by atomic mass is 10.7. The second-order valence-electron chi connectivity index (χ2n) is 0.817. The summed E-state index contributed by atoms with van der Waals surface area (Å²) >= 11 is 1.08. The molecule has 0 aliphatic heterocycles. The zero-order valence-electron chi connectivity index (χ0n) is 3.79. The molecule has 2 N–H and O–H groups in total. The first kappa shape index (κ1) is 6.54. The van der Waals surface area contributed by atoms with E-state index in [-0.39, 0.29) is 0 Å². The topological polar surface area (TPSA) is 49.8 Å². The number of nitriles is 1. The summed E-state index contributed by atoms with van der Waals surface area (Å²) in [5.41, 5.74) is 5.06. The van der Waals surface area contributed by atoms with Crippen molar-refractivity contribution in [2.24, 2.45) is 5.73 Å². The van der Waals surface area contributed by atoms with Gasteiger partial charge in [0.15, 0.2) is 0 Å². The fraction of sp³-hybridized carbons (Fsp3) is 0.250. The van der Waals surface area contributed by atoms with E-state index in [0.717, 1.165) is 11.8 Å². The van der Waals surface area contributed by atoms with Gasteiger partial charge in [0.05, 0.1) is 0 Å². The van der Waals surface area contributed by atoms with Gasteiger partial charge in [-0.05, 0) is 17.2 Å². The van der Waals surface area contributed by atoms with Crippen molar-refractivity contribution in [3.63, 3.8) is 0 Å². The third-order valence-electron chi connectivity index (χ3n) is 0.353. The quantitative estimate of drug-likeness (QED) is 0.537. The maximum atomic E-state index is 7.91. The Morgan fingerprint density at radius 3 is 3.00 bits per heavy atom. The van der Waals surface area contributed by atoms with Crippen molar-refractivity contribution < 1.29 is 0 Å². The summed E-state index contributed by atoms with van der Waals surface area (Å²) in [6.07, 6.45) is 1.73. The number of thioether (sulfide) groups is 1. The van der Waals surface area contributed by atoms with E-state index < -0.39 is 0 Å². The molecule has 7 heavy (non-hydrogen) atoms. The van der Waals surface area contributed by atoms with Crippen LogP contribution in [0.25, 0.3) is 0 Å². The number of hydrogen-bond acceptors (Lipinski definition) is 3. The van der Waals surface area contributed by atoms with Crippen LogP contribution in [0, 0.1) is 10.7 Å². The zero-order valence-corrected chi connectivity index (χ0v) is 4.61. The van der Waals surface area contributed by atoms with Crippen molar-refractivity contribution in [2.75, 3.05) is 6.54 Å². The van der Waals surface area contributed by atoms with Gasteiger partial charge in [-0.3, -0.25) is 0 Å². The van der Waals surface area contributed by atoms with E-state index in [9.17, 15) is 0 Å². The summed E-state index contributed by atoms with van der Waals surface area (Å²) in [7, 11) is 0. The molecule has 0 aromatic heterocycles. The Kier molecular flexibility index (Phi) is 5.18. The molecule has 3 heteroatoms. The van der Waals surface area contributed by atoms with Crippen LogP contribution in [0.3, 0.4) is 0 Å². The number of nitrogens with two attached hydrogens (primary N) is 1. The van der Waals surface area contributed by atoms with Crippen LogP contribution in [-0.2, 0) is 0 Å². The smallest absolute Gasteiger partial charge is 0.137 e. The molecule has 0 radical (unpaired) electrons. The summed E-state index contributed by atoms with van der Waals surface area (Å²) < 4.78 is 0. The molecule has 0 spiro atoms. The third kappa shape index (κ3) is 5.54. The SMILES string of the molecule is N#CSC=CCN. The van der Waals surface area contributed by atoms with Crippen LogP contribution in [0.4, 0.5) is 0 Å². The van der Waals surface area contributed by atoms with E-state index in [0.29, 0.717) is 6.54 Å². The summed E-state index contributed by atoms with van der Waals surface area (Å²) in [5.74, 6) is 0. The Balaban J connectivity index is 2.97. The molecule has 0 saturated carbocycles. The lowest BCUT2D eigenvalue weighted by Crippen LogP contribution is -1.91. The van der Waals surface area contributed by atoms with Gasteiger partial charge in [-0.1, -0.05) is 6.08 Å². The minimum atomic E-state index is 0.509. The van der Waals surface area contributed by atoms with Crippen LogP contribution in [0.2, 0.25) is 0 Å². The highest BCUT2D eigenvalue weighted by atomic mass is 32.2.